The number of hydrogen-bond acceptors (Lipinski definition) is 1. The number of methoxy groups -OCH3 is 1. The number of hydrogen-bond donors (Lipinski definition) is 0. The summed E-state index contributed by atoms with van der Waals surface area (Å²) < 4.78 is 57.7. The van der Waals surface area contributed by atoms with Crippen molar-refractivity contribution in [1.29, 1.82) is 0 Å². The summed E-state index contributed by atoms with van der Waals surface area (Å²) in [6.45, 7) is 5.65. The first-order valence-electron chi connectivity index (χ1n) is 6.85. The van der Waals surface area contributed by atoms with Crippen molar-refractivity contribution in [3.05, 3.63) is 53.1 Å². The van der Waals surface area contributed by atoms with E-state index >= 15 is 0 Å². The summed E-state index contributed by atoms with van der Waals surface area (Å²) in [5.74, 6) is -1.05. The Balaban J connectivity index is 0.00000116. The quantitative estimate of drug-likeness (QED) is 0.640. The molecule has 0 N–H and O–H groups in total. The van der Waals surface area contributed by atoms with Gasteiger partial charge in [-0.1, -0.05) is 13.8 Å². The lowest BCUT2D eigenvalue weighted by molar-refractivity contribution is 0.151. The van der Waals surface area contributed by atoms with E-state index in [1.807, 2.05) is 13.8 Å². The molecule has 0 unspecified atom stereocenters. The van der Waals surface area contributed by atoms with Crippen molar-refractivity contribution >= 4 is 0 Å². The van der Waals surface area contributed by atoms with Gasteiger partial charge in [0.1, 0.15) is 17.4 Å². The number of ether oxygens (including phenoxy) is 1. The first-order valence-corrected chi connectivity index (χ1v) is 6.85. The van der Waals surface area contributed by atoms with Crippen molar-refractivity contribution in [1.82, 2.24) is 0 Å². The summed E-state index contributed by atoms with van der Waals surface area (Å²) in [6, 6.07) is 5.41. The lowest BCUT2D eigenvalue weighted by Gasteiger charge is -2.11. The molecule has 0 bridgehead atoms. The van der Waals surface area contributed by atoms with E-state index in [4.69, 9.17) is 4.74 Å². The highest BCUT2D eigenvalue weighted by Crippen LogP contribution is 2.32. The predicted molar refractivity (Wildman–Crippen MR) is 79.4 cm³/mol. The highest BCUT2D eigenvalue weighted by molar-refractivity contribution is 5.67. The number of halogens is 4. The molecule has 2 rings (SSSR count). The van der Waals surface area contributed by atoms with E-state index in [0.717, 1.165) is 18.2 Å². The molecule has 0 spiro atoms. The normalized spacial score (nSPS) is 10.2. The summed E-state index contributed by atoms with van der Waals surface area (Å²) in [6.07, 6.45) is -2.82. The van der Waals surface area contributed by atoms with Gasteiger partial charge in [-0.05, 0) is 48.4 Å². The van der Waals surface area contributed by atoms with Crippen LogP contribution in [0, 0.1) is 18.6 Å². The van der Waals surface area contributed by atoms with Crippen LogP contribution in [0.15, 0.2) is 30.3 Å². The van der Waals surface area contributed by atoms with Crippen molar-refractivity contribution < 1.29 is 22.3 Å². The molecule has 0 amide bonds. The first-order chi connectivity index (χ1) is 10.4. The van der Waals surface area contributed by atoms with Crippen LogP contribution in [0.2, 0.25) is 0 Å². The zero-order valence-electron chi connectivity index (χ0n) is 12.9. The van der Waals surface area contributed by atoms with E-state index in [1.54, 1.807) is 6.92 Å². The Morgan fingerprint density at radius 2 is 1.59 bits per heavy atom. The maximum Gasteiger partial charge on any atom is 0.263 e. The number of aryl methyl sites for hydroxylation is 1. The highest BCUT2D eigenvalue weighted by atomic mass is 19.3. The van der Waals surface area contributed by atoms with Gasteiger partial charge in [0, 0.05) is 11.1 Å². The predicted octanol–water partition coefficient (Wildman–Crippen LogP) is 5.91. The highest BCUT2D eigenvalue weighted by Gasteiger charge is 2.15. The van der Waals surface area contributed by atoms with Crippen LogP contribution in [0.5, 0.6) is 5.75 Å². The van der Waals surface area contributed by atoms with Gasteiger partial charge in [0.15, 0.2) is 0 Å². The van der Waals surface area contributed by atoms with Crippen molar-refractivity contribution in [3.8, 4) is 16.9 Å². The maximum absolute atomic E-state index is 14.0. The third-order valence-electron chi connectivity index (χ3n) is 2.97. The molecule has 22 heavy (non-hydrogen) atoms. The third-order valence-corrected chi connectivity index (χ3v) is 2.97. The molecule has 0 atom stereocenters. The Labute approximate surface area is 127 Å². The van der Waals surface area contributed by atoms with Crippen LogP contribution in [-0.2, 0) is 0 Å². The van der Waals surface area contributed by atoms with Gasteiger partial charge >= 0.3 is 0 Å². The number of alkyl halides is 2. The third kappa shape index (κ3) is 4.00. The van der Waals surface area contributed by atoms with Crippen LogP contribution in [-0.4, -0.2) is 7.11 Å². The van der Waals surface area contributed by atoms with E-state index in [9.17, 15) is 17.6 Å². The summed E-state index contributed by atoms with van der Waals surface area (Å²) >= 11 is 0. The van der Waals surface area contributed by atoms with Gasteiger partial charge in [-0.2, -0.15) is 0 Å². The Kier molecular flexibility index (Phi) is 6.40. The van der Waals surface area contributed by atoms with Gasteiger partial charge in [0.2, 0.25) is 0 Å². The maximum atomic E-state index is 14.0. The second kappa shape index (κ2) is 7.82. The van der Waals surface area contributed by atoms with Crippen LogP contribution in [0.25, 0.3) is 11.1 Å². The molecule has 0 radical (unpaired) electrons. The summed E-state index contributed by atoms with van der Waals surface area (Å²) in [7, 11) is 1.42. The van der Waals surface area contributed by atoms with Gasteiger partial charge in [0.05, 0.1) is 7.11 Å². The Bertz CT molecular complexity index is 639. The van der Waals surface area contributed by atoms with E-state index in [2.05, 4.69) is 0 Å². The molecule has 0 aliphatic heterocycles. The molecule has 2 aromatic carbocycles. The molecule has 0 saturated heterocycles. The average Bonchev–Trinajstić information content (AvgIpc) is 2.48. The topological polar surface area (TPSA) is 9.23 Å². The summed E-state index contributed by atoms with van der Waals surface area (Å²) in [5, 5.41) is 0. The van der Waals surface area contributed by atoms with Crippen LogP contribution < -0.4 is 4.74 Å². The lowest BCUT2D eigenvalue weighted by atomic mass is 10.0. The zero-order valence-corrected chi connectivity index (χ0v) is 12.9. The Hall–Kier alpha value is -2.04. The van der Waals surface area contributed by atoms with E-state index < -0.39 is 23.6 Å². The van der Waals surface area contributed by atoms with E-state index in [1.165, 1.54) is 19.2 Å². The molecule has 0 aromatic heterocycles. The minimum atomic E-state index is -2.82. The Morgan fingerprint density at radius 1 is 0.955 bits per heavy atom. The molecule has 120 valence electrons. The fraction of sp³-hybridized carbons (Fsp3) is 0.294. The molecular weight excluding hydrogens is 296 g/mol. The smallest absolute Gasteiger partial charge is 0.263 e. The van der Waals surface area contributed by atoms with Crippen LogP contribution in [0.4, 0.5) is 17.6 Å². The van der Waals surface area contributed by atoms with Gasteiger partial charge in [-0.25, -0.2) is 17.6 Å². The molecule has 5 heteroatoms. The molecule has 0 heterocycles. The monoisotopic (exact) mass is 314 g/mol. The van der Waals surface area contributed by atoms with E-state index in [0.29, 0.717) is 11.3 Å². The molecule has 2 aromatic rings. The fourth-order valence-electron chi connectivity index (χ4n) is 1.99. The van der Waals surface area contributed by atoms with Crippen molar-refractivity contribution in [2.75, 3.05) is 7.11 Å². The van der Waals surface area contributed by atoms with Gasteiger partial charge < -0.3 is 4.74 Å². The fourth-order valence-corrected chi connectivity index (χ4v) is 1.99. The molecule has 0 aliphatic carbocycles. The minimum absolute atomic E-state index is 0.0221. The summed E-state index contributed by atoms with van der Waals surface area (Å²) in [5.41, 5.74) is 0.156. The molecule has 0 saturated carbocycles. The Morgan fingerprint density at radius 3 is 2.14 bits per heavy atom. The number of benzene rings is 2. The molecule has 0 aliphatic rings. The van der Waals surface area contributed by atoms with Crippen LogP contribution in [0.3, 0.4) is 0 Å². The van der Waals surface area contributed by atoms with Gasteiger partial charge in [-0.15, -0.1) is 0 Å². The number of rotatable bonds is 3. The van der Waals surface area contributed by atoms with Crippen molar-refractivity contribution in [3.63, 3.8) is 0 Å². The van der Waals surface area contributed by atoms with Gasteiger partial charge in [0.25, 0.3) is 6.43 Å². The van der Waals surface area contributed by atoms with Crippen molar-refractivity contribution in [2.45, 2.75) is 27.2 Å². The molecular formula is C17H18F4O. The lowest BCUT2D eigenvalue weighted by Crippen LogP contribution is -1.94. The van der Waals surface area contributed by atoms with E-state index in [-0.39, 0.29) is 11.1 Å². The zero-order chi connectivity index (χ0) is 16.9. The van der Waals surface area contributed by atoms with Crippen LogP contribution >= 0.6 is 0 Å². The standard InChI is InChI=1S/C15H12F4O.C2H6/c1-8-3-13(17)12(7-14(8)20-2)9-4-10(15(18)19)6-11(16)5-9;1-2/h3-7,15H,1-2H3;1-2H3. The van der Waals surface area contributed by atoms with Gasteiger partial charge in [-0.3, -0.25) is 0 Å². The first kappa shape index (κ1) is 18.0. The second-order valence-corrected chi connectivity index (χ2v) is 4.38. The largest absolute Gasteiger partial charge is 0.496 e. The second-order valence-electron chi connectivity index (χ2n) is 4.38. The van der Waals surface area contributed by atoms with Crippen LogP contribution in [0.1, 0.15) is 31.4 Å². The average molecular weight is 314 g/mol. The minimum Gasteiger partial charge on any atom is -0.496 e. The molecule has 1 nitrogen and oxygen atoms in total. The van der Waals surface area contributed by atoms with Crippen molar-refractivity contribution in [2.24, 2.45) is 0 Å². The summed E-state index contributed by atoms with van der Waals surface area (Å²) in [4.78, 5) is 0. The SMILES string of the molecule is CC.COc1cc(-c2cc(F)cc(C(F)F)c2)c(F)cc1C. The molecule has 0 fully saturated rings.